The molecule has 2 rings (SSSR count). The van der Waals surface area contributed by atoms with Gasteiger partial charge in [-0.3, -0.25) is 0 Å². The van der Waals surface area contributed by atoms with Crippen molar-refractivity contribution in [2.45, 2.75) is 6.43 Å². The third kappa shape index (κ3) is 3.32. The molecule has 0 saturated heterocycles. The van der Waals surface area contributed by atoms with Crippen LogP contribution >= 0.6 is 11.6 Å². The lowest BCUT2D eigenvalue weighted by molar-refractivity contribution is 0.152. The van der Waals surface area contributed by atoms with Gasteiger partial charge in [-0.2, -0.15) is 0 Å². The molecular weight excluding hydrogens is 277 g/mol. The quantitative estimate of drug-likeness (QED) is 0.800. The van der Waals surface area contributed by atoms with Crippen LogP contribution in [0.4, 0.5) is 30.2 Å². The van der Waals surface area contributed by atoms with E-state index in [4.69, 9.17) is 17.3 Å². The average molecular weight is 287 g/mol. The molecule has 2 nitrogen and oxygen atoms in total. The van der Waals surface area contributed by atoms with Crippen molar-refractivity contribution in [3.05, 3.63) is 52.8 Å². The summed E-state index contributed by atoms with van der Waals surface area (Å²) in [4.78, 5) is 0. The number of nitrogens with one attached hydrogen (secondary N) is 1. The van der Waals surface area contributed by atoms with Crippen LogP contribution in [0, 0.1) is 5.82 Å². The van der Waals surface area contributed by atoms with E-state index >= 15 is 0 Å². The topological polar surface area (TPSA) is 38.0 Å². The van der Waals surface area contributed by atoms with Crippen molar-refractivity contribution in [2.24, 2.45) is 0 Å². The summed E-state index contributed by atoms with van der Waals surface area (Å²) in [6, 6.07) is 7.80. The molecule has 6 heteroatoms. The van der Waals surface area contributed by atoms with E-state index < -0.39 is 12.2 Å². The molecule has 0 aliphatic carbocycles. The SMILES string of the molecule is Nc1ccc(Nc2cc(F)cc(Cl)c2)c(C(F)F)c1. The van der Waals surface area contributed by atoms with E-state index in [2.05, 4.69) is 5.32 Å². The van der Waals surface area contributed by atoms with Gasteiger partial charge < -0.3 is 11.1 Å². The Bertz CT molecular complexity index is 582. The van der Waals surface area contributed by atoms with Crippen molar-refractivity contribution in [2.75, 3.05) is 11.1 Å². The molecule has 0 fully saturated rings. The Hall–Kier alpha value is -1.88. The van der Waals surface area contributed by atoms with Crippen molar-refractivity contribution < 1.29 is 13.2 Å². The Balaban J connectivity index is 2.37. The second-order valence-corrected chi connectivity index (χ2v) is 4.37. The van der Waals surface area contributed by atoms with E-state index in [0.29, 0.717) is 0 Å². The Labute approximate surface area is 113 Å². The highest BCUT2D eigenvalue weighted by Gasteiger charge is 2.13. The van der Waals surface area contributed by atoms with Crippen LogP contribution in [0.2, 0.25) is 5.02 Å². The summed E-state index contributed by atoms with van der Waals surface area (Å²) >= 11 is 5.70. The zero-order valence-corrected chi connectivity index (χ0v) is 10.4. The van der Waals surface area contributed by atoms with Gasteiger partial charge in [-0.05, 0) is 36.4 Å². The lowest BCUT2D eigenvalue weighted by atomic mass is 10.1. The predicted molar refractivity (Wildman–Crippen MR) is 70.5 cm³/mol. The number of hydrogen-bond acceptors (Lipinski definition) is 2. The van der Waals surface area contributed by atoms with Gasteiger partial charge in [-0.1, -0.05) is 11.6 Å². The largest absolute Gasteiger partial charge is 0.399 e. The number of halogens is 4. The number of benzene rings is 2. The molecule has 0 atom stereocenters. The minimum absolute atomic E-state index is 0.158. The first-order chi connectivity index (χ1) is 8.95. The Morgan fingerprint density at radius 2 is 1.84 bits per heavy atom. The summed E-state index contributed by atoms with van der Waals surface area (Å²) in [7, 11) is 0. The van der Waals surface area contributed by atoms with Crippen LogP contribution in [0.1, 0.15) is 12.0 Å². The second kappa shape index (κ2) is 5.40. The summed E-state index contributed by atoms with van der Waals surface area (Å²) < 4.78 is 38.9. The molecule has 0 radical (unpaired) electrons. The predicted octanol–water partition coefficient (Wildman–Crippen LogP) is 4.74. The van der Waals surface area contributed by atoms with E-state index in [1.165, 1.54) is 24.3 Å². The molecular formula is C13H10ClF3N2. The van der Waals surface area contributed by atoms with Crippen molar-refractivity contribution >= 4 is 28.7 Å². The summed E-state index contributed by atoms with van der Waals surface area (Å²) in [6.45, 7) is 0. The highest BCUT2D eigenvalue weighted by Crippen LogP contribution is 2.31. The number of nitrogens with two attached hydrogens (primary N) is 1. The first-order valence-corrected chi connectivity index (χ1v) is 5.74. The summed E-state index contributed by atoms with van der Waals surface area (Å²) in [6.07, 6.45) is -2.69. The van der Waals surface area contributed by atoms with Crippen molar-refractivity contribution in [1.82, 2.24) is 0 Å². The number of hydrogen-bond donors (Lipinski definition) is 2. The molecule has 100 valence electrons. The summed E-state index contributed by atoms with van der Waals surface area (Å²) in [5.74, 6) is -0.552. The van der Waals surface area contributed by atoms with Gasteiger partial charge in [0.2, 0.25) is 0 Å². The van der Waals surface area contributed by atoms with Crippen LogP contribution in [0.25, 0.3) is 0 Å². The molecule has 2 aromatic carbocycles. The van der Waals surface area contributed by atoms with Gasteiger partial charge in [0.1, 0.15) is 5.82 Å². The summed E-state index contributed by atoms with van der Waals surface area (Å²) in [5.41, 5.74) is 5.90. The number of nitrogen functional groups attached to an aromatic ring is 1. The molecule has 3 N–H and O–H groups in total. The van der Waals surface area contributed by atoms with E-state index in [1.54, 1.807) is 0 Å². The van der Waals surface area contributed by atoms with Crippen LogP contribution in [0.3, 0.4) is 0 Å². The molecule has 0 bridgehead atoms. The standard InChI is InChI=1S/C13H10ClF3N2/c14-7-3-8(15)5-10(4-7)19-12-2-1-9(18)6-11(12)13(16)17/h1-6,13,19H,18H2. The molecule has 0 aromatic heterocycles. The van der Waals surface area contributed by atoms with Crippen LogP contribution < -0.4 is 11.1 Å². The minimum Gasteiger partial charge on any atom is -0.399 e. The average Bonchev–Trinajstić information content (AvgIpc) is 2.30. The minimum atomic E-state index is -2.69. The Morgan fingerprint density at radius 3 is 2.47 bits per heavy atom. The lowest BCUT2D eigenvalue weighted by Gasteiger charge is -2.12. The third-order valence-corrected chi connectivity index (χ3v) is 2.67. The van der Waals surface area contributed by atoms with Gasteiger partial charge in [0.05, 0.1) is 0 Å². The molecule has 0 amide bonds. The number of anilines is 3. The highest BCUT2D eigenvalue weighted by molar-refractivity contribution is 6.30. The first kappa shape index (κ1) is 13.5. The van der Waals surface area contributed by atoms with E-state index in [1.807, 2.05) is 0 Å². The van der Waals surface area contributed by atoms with E-state index in [-0.39, 0.29) is 27.6 Å². The molecule has 0 aliphatic rings. The van der Waals surface area contributed by atoms with Crippen LogP contribution in [-0.2, 0) is 0 Å². The zero-order chi connectivity index (χ0) is 14.0. The van der Waals surface area contributed by atoms with Crippen molar-refractivity contribution in [1.29, 1.82) is 0 Å². The fourth-order valence-electron chi connectivity index (χ4n) is 1.66. The normalized spacial score (nSPS) is 10.8. The van der Waals surface area contributed by atoms with Crippen LogP contribution in [0.15, 0.2) is 36.4 Å². The van der Waals surface area contributed by atoms with Crippen LogP contribution in [-0.4, -0.2) is 0 Å². The smallest absolute Gasteiger partial charge is 0.265 e. The van der Waals surface area contributed by atoms with Gasteiger partial charge in [0.25, 0.3) is 6.43 Å². The maximum atomic E-state index is 13.2. The van der Waals surface area contributed by atoms with Gasteiger partial charge in [0.15, 0.2) is 0 Å². The lowest BCUT2D eigenvalue weighted by Crippen LogP contribution is -1.98. The molecule has 19 heavy (non-hydrogen) atoms. The molecule has 0 aliphatic heterocycles. The molecule has 0 unspecified atom stereocenters. The maximum absolute atomic E-state index is 13.2. The highest BCUT2D eigenvalue weighted by atomic mass is 35.5. The van der Waals surface area contributed by atoms with Gasteiger partial charge in [-0.25, -0.2) is 13.2 Å². The first-order valence-electron chi connectivity index (χ1n) is 5.36. The van der Waals surface area contributed by atoms with Gasteiger partial charge in [-0.15, -0.1) is 0 Å². The molecule has 0 saturated carbocycles. The second-order valence-electron chi connectivity index (χ2n) is 3.93. The Morgan fingerprint density at radius 1 is 1.11 bits per heavy atom. The molecule has 2 aromatic rings. The fraction of sp³-hybridized carbons (Fsp3) is 0.0769. The fourth-order valence-corrected chi connectivity index (χ4v) is 1.88. The third-order valence-electron chi connectivity index (χ3n) is 2.45. The number of alkyl halides is 2. The molecule has 0 heterocycles. The van der Waals surface area contributed by atoms with Gasteiger partial charge >= 0.3 is 0 Å². The Kier molecular flexibility index (Phi) is 3.85. The maximum Gasteiger partial charge on any atom is 0.265 e. The van der Waals surface area contributed by atoms with Crippen molar-refractivity contribution in [3.8, 4) is 0 Å². The zero-order valence-electron chi connectivity index (χ0n) is 9.63. The van der Waals surface area contributed by atoms with Gasteiger partial charge in [0, 0.05) is 27.6 Å². The van der Waals surface area contributed by atoms with E-state index in [0.717, 1.165) is 12.1 Å². The number of rotatable bonds is 3. The van der Waals surface area contributed by atoms with E-state index in [9.17, 15) is 13.2 Å². The van der Waals surface area contributed by atoms with Crippen LogP contribution in [0.5, 0.6) is 0 Å². The monoisotopic (exact) mass is 286 g/mol. The summed E-state index contributed by atoms with van der Waals surface area (Å²) in [5, 5.41) is 2.88. The van der Waals surface area contributed by atoms with Crippen molar-refractivity contribution in [3.63, 3.8) is 0 Å². The molecule has 0 spiro atoms.